The molecule has 0 aliphatic heterocycles. The minimum Gasteiger partial charge on any atom is -0.480 e. The van der Waals surface area contributed by atoms with Gasteiger partial charge in [0.25, 0.3) is 0 Å². The molecule has 0 heterocycles. The molecule has 0 radical (unpaired) electrons. The van der Waals surface area contributed by atoms with Crippen molar-refractivity contribution in [2.24, 2.45) is 5.73 Å². The number of aliphatic carboxylic acids is 1. The fraction of sp³-hybridized carbons (Fsp3) is 0.818. The largest absolute Gasteiger partial charge is 0.480 e. The third-order valence-corrected chi connectivity index (χ3v) is 2.45. The summed E-state index contributed by atoms with van der Waals surface area (Å²) in [6.07, 6.45) is 3.07. The number of nitrogens with two attached hydrogens (primary N) is 1. The van der Waals surface area contributed by atoms with Crippen LogP contribution in [0.25, 0.3) is 0 Å². The maximum atomic E-state index is 11.4. The van der Waals surface area contributed by atoms with Crippen LogP contribution in [0.3, 0.4) is 0 Å². The van der Waals surface area contributed by atoms with Crippen molar-refractivity contribution in [2.75, 3.05) is 0 Å². The lowest BCUT2D eigenvalue weighted by Gasteiger charge is -2.15. The summed E-state index contributed by atoms with van der Waals surface area (Å²) in [7, 11) is 0. The lowest BCUT2D eigenvalue weighted by Crippen LogP contribution is -2.42. The number of nitrogens with one attached hydrogen (secondary N) is 1. The highest BCUT2D eigenvalue weighted by molar-refractivity contribution is 5.83. The number of carbonyl (C=O) groups excluding carboxylic acids is 1. The summed E-state index contributed by atoms with van der Waals surface area (Å²) in [5.74, 6) is -1.26. The Morgan fingerprint density at radius 3 is 2.44 bits per heavy atom. The molecule has 0 saturated carbocycles. The number of rotatable bonds is 8. The standard InChI is InChI=1S/C11H22N2O3/c1-3-5-6-9(11(15)16)13-10(14)7-8(12)4-2/h8-9H,3-7,12H2,1-2H3,(H,13,14)(H,15,16)/t8?,9-/m0/s1. The van der Waals surface area contributed by atoms with Crippen LogP contribution in [0.4, 0.5) is 0 Å². The Hall–Kier alpha value is -1.10. The molecule has 5 heteroatoms. The normalized spacial score (nSPS) is 14.2. The van der Waals surface area contributed by atoms with Crippen LogP contribution >= 0.6 is 0 Å². The Morgan fingerprint density at radius 1 is 1.38 bits per heavy atom. The minimum atomic E-state index is -0.980. The minimum absolute atomic E-state index is 0.187. The summed E-state index contributed by atoms with van der Waals surface area (Å²) in [5.41, 5.74) is 5.62. The van der Waals surface area contributed by atoms with Crippen LogP contribution in [0.2, 0.25) is 0 Å². The van der Waals surface area contributed by atoms with Gasteiger partial charge in [0.1, 0.15) is 6.04 Å². The van der Waals surface area contributed by atoms with Gasteiger partial charge in [-0.2, -0.15) is 0 Å². The second kappa shape index (κ2) is 8.10. The van der Waals surface area contributed by atoms with Crippen molar-refractivity contribution in [3.8, 4) is 0 Å². The zero-order chi connectivity index (χ0) is 12.6. The van der Waals surface area contributed by atoms with Gasteiger partial charge in [0, 0.05) is 12.5 Å². The highest BCUT2D eigenvalue weighted by Crippen LogP contribution is 2.02. The topological polar surface area (TPSA) is 92.4 Å². The second-order valence-corrected chi connectivity index (χ2v) is 3.97. The molecule has 0 spiro atoms. The highest BCUT2D eigenvalue weighted by atomic mass is 16.4. The van der Waals surface area contributed by atoms with Crippen molar-refractivity contribution in [3.63, 3.8) is 0 Å². The molecule has 1 amide bonds. The number of amides is 1. The van der Waals surface area contributed by atoms with E-state index in [1.807, 2.05) is 13.8 Å². The molecule has 0 aromatic carbocycles. The van der Waals surface area contributed by atoms with Gasteiger partial charge in [-0.25, -0.2) is 4.79 Å². The van der Waals surface area contributed by atoms with E-state index < -0.39 is 12.0 Å². The predicted molar refractivity (Wildman–Crippen MR) is 62.0 cm³/mol. The van der Waals surface area contributed by atoms with Crippen molar-refractivity contribution in [1.82, 2.24) is 5.32 Å². The molecule has 0 aliphatic carbocycles. The van der Waals surface area contributed by atoms with E-state index in [1.165, 1.54) is 0 Å². The van der Waals surface area contributed by atoms with Crippen molar-refractivity contribution >= 4 is 11.9 Å². The van der Waals surface area contributed by atoms with Gasteiger partial charge in [0.05, 0.1) is 0 Å². The first kappa shape index (κ1) is 14.9. The molecule has 0 bridgehead atoms. The van der Waals surface area contributed by atoms with Gasteiger partial charge in [-0.3, -0.25) is 4.79 Å². The van der Waals surface area contributed by atoms with Crippen LogP contribution in [-0.2, 0) is 9.59 Å². The third kappa shape index (κ3) is 6.40. The first-order valence-corrected chi connectivity index (χ1v) is 5.79. The Kier molecular flexibility index (Phi) is 7.54. The van der Waals surface area contributed by atoms with E-state index in [9.17, 15) is 9.59 Å². The molecule has 94 valence electrons. The van der Waals surface area contributed by atoms with Gasteiger partial charge in [-0.1, -0.05) is 26.7 Å². The molecular formula is C11H22N2O3. The predicted octanol–water partition coefficient (Wildman–Crippen LogP) is 0.873. The molecule has 0 rings (SSSR count). The molecule has 0 aromatic heterocycles. The maximum Gasteiger partial charge on any atom is 0.326 e. The van der Waals surface area contributed by atoms with E-state index in [2.05, 4.69) is 5.32 Å². The molecule has 4 N–H and O–H groups in total. The summed E-state index contributed by atoms with van der Waals surface area (Å²) < 4.78 is 0. The summed E-state index contributed by atoms with van der Waals surface area (Å²) in [6.45, 7) is 3.87. The third-order valence-electron chi connectivity index (χ3n) is 2.45. The maximum absolute atomic E-state index is 11.4. The molecular weight excluding hydrogens is 208 g/mol. The van der Waals surface area contributed by atoms with Crippen LogP contribution in [-0.4, -0.2) is 29.1 Å². The second-order valence-electron chi connectivity index (χ2n) is 3.97. The van der Waals surface area contributed by atoms with E-state index in [4.69, 9.17) is 10.8 Å². The molecule has 16 heavy (non-hydrogen) atoms. The molecule has 0 aromatic rings. The van der Waals surface area contributed by atoms with E-state index >= 15 is 0 Å². The fourth-order valence-corrected chi connectivity index (χ4v) is 1.30. The first-order chi connectivity index (χ1) is 7.51. The van der Waals surface area contributed by atoms with Crippen LogP contribution < -0.4 is 11.1 Å². The van der Waals surface area contributed by atoms with Gasteiger partial charge in [0.15, 0.2) is 0 Å². The van der Waals surface area contributed by atoms with Gasteiger partial charge in [-0.05, 0) is 12.8 Å². The average molecular weight is 230 g/mol. The Labute approximate surface area is 96.4 Å². The zero-order valence-electron chi connectivity index (χ0n) is 10.0. The molecule has 0 aliphatic rings. The van der Waals surface area contributed by atoms with E-state index in [1.54, 1.807) is 0 Å². The summed E-state index contributed by atoms with van der Waals surface area (Å²) in [6, 6.07) is -0.975. The SMILES string of the molecule is CCCC[C@H](NC(=O)CC(N)CC)C(=O)O. The van der Waals surface area contributed by atoms with Crippen molar-refractivity contribution < 1.29 is 14.7 Å². The molecule has 2 atom stereocenters. The van der Waals surface area contributed by atoms with Crippen molar-refractivity contribution in [3.05, 3.63) is 0 Å². The molecule has 1 unspecified atom stereocenters. The average Bonchev–Trinajstić information content (AvgIpc) is 2.23. The quantitative estimate of drug-likeness (QED) is 0.577. The lowest BCUT2D eigenvalue weighted by molar-refractivity contribution is -0.142. The van der Waals surface area contributed by atoms with Crippen LogP contribution in [0.15, 0.2) is 0 Å². The Balaban J connectivity index is 4.07. The Bertz CT molecular complexity index is 231. The smallest absolute Gasteiger partial charge is 0.326 e. The monoisotopic (exact) mass is 230 g/mol. The van der Waals surface area contributed by atoms with Crippen LogP contribution in [0.5, 0.6) is 0 Å². The van der Waals surface area contributed by atoms with Gasteiger partial charge in [-0.15, -0.1) is 0 Å². The highest BCUT2D eigenvalue weighted by Gasteiger charge is 2.19. The number of carboxylic acid groups (broad SMARTS) is 1. The van der Waals surface area contributed by atoms with Gasteiger partial charge < -0.3 is 16.2 Å². The number of unbranched alkanes of at least 4 members (excludes halogenated alkanes) is 1. The molecule has 0 fully saturated rings. The number of carbonyl (C=O) groups is 2. The van der Waals surface area contributed by atoms with Crippen molar-refractivity contribution in [1.29, 1.82) is 0 Å². The van der Waals surface area contributed by atoms with Crippen molar-refractivity contribution in [2.45, 2.75) is 58.0 Å². The first-order valence-electron chi connectivity index (χ1n) is 5.79. The summed E-state index contributed by atoms with van der Waals surface area (Å²) >= 11 is 0. The van der Waals surface area contributed by atoms with Gasteiger partial charge in [0.2, 0.25) is 5.91 Å². The number of hydrogen-bond acceptors (Lipinski definition) is 3. The van der Waals surface area contributed by atoms with E-state index in [-0.39, 0.29) is 18.4 Å². The summed E-state index contributed by atoms with van der Waals surface area (Å²) in [5, 5.41) is 11.4. The van der Waals surface area contributed by atoms with Gasteiger partial charge >= 0.3 is 5.97 Å². The Morgan fingerprint density at radius 2 is 2.00 bits per heavy atom. The fourth-order valence-electron chi connectivity index (χ4n) is 1.30. The van der Waals surface area contributed by atoms with Crippen LogP contribution in [0, 0.1) is 0 Å². The molecule has 5 nitrogen and oxygen atoms in total. The summed E-state index contributed by atoms with van der Waals surface area (Å²) in [4.78, 5) is 22.3. The zero-order valence-corrected chi connectivity index (χ0v) is 10.0. The number of carboxylic acids is 1. The van der Waals surface area contributed by atoms with E-state index in [0.717, 1.165) is 12.8 Å². The van der Waals surface area contributed by atoms with E-state index in [0.29, 0.717) is 12.8 Å². The lowest BCUT2D eigenvalue weighted by atomic mass is 10.1. The number of hydrogen-bond donors (Lipinski definition) is 3. The van der Waals surface area contributed by atoms with Crippen LogP contribution in [0.1, 0.15) is 46.0 Å². The molecule has 0 saturated heterocycles.